The summed E-state index contributed by atoms with van der Waals surface area (Å²) in [5, 5.41) is 11.6. The predicted molar refractivity (Wildman–Crippen MR) is 119 cm³/mol. The Bertz CT molecular complexity index is 1300. The molecule has 0 radical (unpaired) electrons. The fraction of sp³-hybridized carbons (Fsp3) is 0.160. The van der Waals surface area contributed by atoms with Gasteiger partial charge in [0.2, 0.25) is 0 Å². The highest BCUT2D eigenvalue weighted by Crippen LogP contribution is 2.46. The molecule has 1 aliphatic carbocycles. The van der Waals surface area contributed by atoms with Crippen LogP contribution in [-0.4, -0.2) is 22.7 Å². The van der Waals surface area contributed by atoms with Crippen LogP contribution in [0, 0.1) is 0 Å². The molecule has 1 aliphatic heterocycles. The van der Waals surface area contributed by atoms with Gasteiger partial charge in [0.05, 0.1) is 5.71 Å². The van der Waals surface area contributed by atoms with Gasteiger partial charge in [0.1, 0.15) is 5.57 Å². The normalized spacial score (nSPS) is 15.5. The van der Waals surface area contributed by atoms with E-state index in [1.165, 1.54) is 5.56 Å². The van der Waals surface area contributed by atoms with E-state index in [0.29, 0.717) is 17.2 Å². The van der Waals surface area contributed by atoms with Gasteiger partial charge < -0.3 is 5.11 Å². The van der Waals surface area contributed by atoms with Crippen LogP contribution >= 0.6 is 11.8 Å². The number of carbonyl (C=O) groups is 2. The molecule has 0 aromatic heterocycles. The van der Waals surface area contributed by atoms with E-state index in [1.807, 2.05) is 30.3 Å². The molecule has 1 atom stereocenters. The van der Waals surface area contributed by atoms with E-state index in [0.717, 1.165) is 38.1 Å². The summed E-state index contributed by atoms with van der Waals surface area (Å²) in [6.45, 7) is 4.42. The number of carbonyl (C=O) groups excluding carboxylic acids is 1. The number of benzene rings is 3. The lowest BCUT2D eigenvalue weighted by molar-refractivity contribution is -0.134. The number of carboxylic acids is 1. The Morgan fingerprint density at radius 2 is 1.83 bits per heavy atom. The minimum Gasteiger partial charge on any atom is -0.477 e. The summed E-state index contributed by atoms with van der Waals surface area (Å²) in [6, 6.07) is 18.5. The molecular weight excluding hydrogens is 394 g/mol. The van der Waals surface area contributed by atoms with E-state index in [-0.39, 0.29) is 5.57 Å². The van der Waals surface area contributed by atoms with Gasteiger partial charge in [0.25, 0.3) is 5.91 Å². The SMILES string of the molecule is CCC(C)c1ccc(Sc2ccc3c4c(cccc24)C2=NC(=O)C(C(=O)O)=C23)cc1. The molecule has 1 amide bonds. The third-order valence-electron chi connectivity index (χ3n) is 5.94. The Hall–Kier alpha value is -3.18. The van der Waals surface area contributed by atoms with E-state index in [9.17, 15) is 14.7 Å². The van der Waals surface area contributed by atoms with Gasteiger partial charge in [0, 0.05) is 26.3 Å². The number of nitrogens with zero attached hydrogens (tertiary/aromatic N) is 1. The maximum absolute atomic E-state index is 12.1. The maximum Gasteiger partial charge on any atom is 0.342 e. The number of aliphatic imine (C=N–C) groups is 1. The predicted octanol–water partition coefficient (Wildman–Crippen LogP) is 5.69. The summed E-state index contributed by atoms with van der Waals surface area (Å²) in [4.78, 5) is 30.1. The topological polar surface area (TPSA) is 66.7 Å². The molecule has 3 aromatic rings. The van der Waals surface area contributed by atoms with E-state index in [1.54, 1.807) is 11.8 Å². The number of carboxylic acid groups (broad SMARTS) is 1. The van der Waals surface area contributed by atoms with Crippen molar-refractivity contribution in [3.8, 4) is 0 Å². The third kappa shape index (κ3) is 2.73. The van der Waals surface area contributed by atoms with Crippen LogP contribution in [0.5, 0.6) is 0 Å². The molecule has 148 valence electrons. The van der Waals surface area contributed by atoms with Crippen molar-refractivity contribution in [3.63, 3.8) is 0 Å². The molecule has 30 heavy (non-hydrogen) atoms. The monoisotopic (exact) mass is 413 g/mol. The Kier molecular flexibility index (Phi) is 4.36. The Balaban J connectivity index is 1.61. The number of aliphatic carboxylic acids is 1. The van der Waals surface area contributed by atoms with Crippen LogP contribution in [0.2, 0.25) is 0 Å². The van der Waals surface area contributed by atoms with Gasteiger partial charge in [-0.05, 0) is 47.1 Å². The van der Waals surface area contributed by atoms with Crippen molar-refractivity contribution in [3.05, 3.63) is 76.9 Å². The summed E-state index contributed by atoms with van der Waals surface area (Å²) >= 11 is 1.69. The highest BCUT2D eigenvalue weighted by atomic mass is 32.2. The summed E-state index contributed by atoms with van der Waals surface area (Å²) in [7, 11) is 0. The molecule has 2 aliphatic rings. The molecule has 0 bridgehead atoms. The Morgan fingerprint density at radius 3 is 2.53 bits per heavy atom. The molecular formula is C25H19NO3S. The van der Waals surface area contributed by atoms with Crippen molar-refractivity contribution in [2.45, 2.75) is 36.0 Å². The van der Waals surface area contributed by atoms with Crippen molar-refractivity contribution in [1.82, 2.24) is 0 Å². The van der Waals surface area contributed by atoms with E-state index in [4.69, 9.17) is 0 Å². The Labute approximate surface area is 178 Å². The minimum atomic E-state index is -1.23. The van der Waals surface area contributed by atoms with Gasteiger partial charge in [0.15, 0.2) is 0 Å². The summed E-state index contributed by atoms with van der Waals surface area (Å²) < 4.78 is 0. The number of fused-ring (bicyclic) bond motifs is 3. The highest BCUT2D eigenvalue weighted by Gasteiger charge is 2.38. The summed E-state index contributed by atoms with van der Waals surface area (Å²) in [6.07, 6.45) is 1.11. The van der Waals surface area contributed by atoms with Gasteiger partial charge in [-0.1, -0.05) is 62.0 Å². The second kappa shape index (κ2) is 6.96. The number of hydrogen-bond donors (Lipinski definition) is 1. The number of allylic oxidation sites excluding steroid dienone is 1. The minimum absolute atomic E-state index is 0.233. The fourth-order valence-electron chi connectivity index (χ4n) is 4.20. The first kappa shape index (κ1) is 18.8. The van der Waals surface area contributed by atoms with Crippen molar-refractivity contribution in [1.29, 1.82) is 0 Å². The second-order valence-corrected chi connectivity index (χ2v) is 8.76. The molecule has 5 heteroatoms. The van der Waals surface area contributed by atoms with E-state index in [2.05, 4.69) is 43.1 Å². The van der Waals surface area contributed by atoms with Crippen molar-refractivity contribution < 1.29 is 14.7 Å². The molecule has 1 unspecified atom stereocenters. The number of amides is 1. The number of hydrogen-bond acceptors (Lipinski definition) is 3. The zero-order valence-electron chi connectivity index (χ0n) is 16.6. The summed E-state index contributed by atoms with van der Waals surface area (Å²) in [5.74, 6) is -1.36. The van der Waals surface area contributed by atoms with Crippen LogP contribution in [0.25, 0.3) is 16.3 Å². The highest BCUT2D eigenvalue weighted by molar-refractivity contribution is 7.99. The molecule has 4 nitrogen and oxygen atoms in total. The van der Waals surface area contributed by atoms with Crippen LogP contribution in [-0.2, 0) is 9.59 Å². The fourth-order valence-corrected chi connectivity index (χ4v) is 5.14. The first-order valence-corrected chi connectivity index (χ1v) is 10.8. The van der Waals surface area contributed by atoms with Gasteiger partial charge in [-0.25, -0.2) is 9.79 Å². The van der Waals surface area contributed by atoms with Crippen LogP contribution in [0.3, 0.4) is 0 Å². The lowest BCUT2D eigenvalue weighted by Crippen LogP contribution is -2.08. The molecule has 3 aromatic carbocycles. The molecule has 0 fully saturated rings. The first-order chi connectivity index (χ1) is 14.5. The maximum atomic E-state index is 12.1. The first-order valence-electron chi connectivity index (χ1n) is 9.94. The lowest BCUT2D eigenvalue weighted by atomic mass is 9.99. The van der Waals surface area contributed by atoms with Gasteiger partial charge in [-0.15, -0.1) is 0 Å². The average Bonchev–Trinajstić information content (AvgIpc) is 3.24. The molecule has 0 saturated carbocycles. The third-order valence-corrected chi connectivity index (χ3v) is 7.03. The standard InChI is InChI=1S/C25H19NO3S/c1-3-13(2)14-7-9-15(10-8-14)30-19-12-11-17-20-16(19)5-4-6-18(20)23-21(17)22(25(28)29)24(27)26-23/h4-13H,3H2,1-2H3,(H,28,29). The van der Waals surface area contributed by atoms with Crippen molar-refractivity contribution >= 4 is 45.7 Å². The molecule has 1 N–H and O–H groups in total. The molecule has 0 spiro atoms. The second-order valence-electron chi connectivity index (χ2n) is 7.64. The molecule has 1 heterocycles. The zero-order chi connectivity index (χ0) is 21.0. The largest absolute Gasteiger partial charge is 0.477 e. The van der Waals surface area contributed by atoms with Crippen LogP contribution in [0.1, 0.15) is 42.9 Å². The smallest absolute Gasteiger partial charge is 0.342 e. The van der Waals surface area contributed by atoms with E-state index < -0.39 is 11.9 Å². The van der Waals surface area contributed by atoms with Gasteiger partial charge in [-0.3, -0.25) is 4.79 Å². The van der Waals surface area contributed by atoms with Crippen molar-refractivity contribution in [2.75, 3.05) is 0 Å². The quantitative estimate of drug-likeness (QED) is 0.546. The van der Waals surface area contributed by atoms with Crippen molar-refractivity contribution in [2.24, 2.45) is 4.99 Å². The van der Waals surface area contributed by atoms with E-state index >= 15 is 0 Å². The lowest BCUT2D eigenvalue weighted by Gasteiger charge is -2.11. The van der Waals surface area contributed by atoms with Gasteiger partial charge in [-0.2, -0.15) is 0 Å². The Morgan fingerprint density at radius 1 is 1.07 bits per heavy atom. The average molecular weight is 413 g/mol. The van der Waals surface area contributed by atoms with Crippen LogP contribution in [0.15, 0.2) is 75.0 Å². The molecule has 5 rings (SSSR count). The van der Waals surface area contributed by atoms with Crippen LogP contribution in [0.4, 0.5) is 0 Å². The van der Waals surface area contributed by atoms with Gasteiger partial charge >= 0.3 is 5.97 Å². The number of rotatable bonds is 5. The summed E-state index contributed by atoms with van der Waals surface area (Å²) in [5.41, 5.74) is 3.65. The zero-order valence-corrected chi connectivity index (χ0v) is 17.4. The molecule has 0 saturated heterocycles. The van der Waals surface area contributed by atoms with Crippen LogP contribution < -0.4 is 0 Å².